The number of alkyl halides is 1. The first kappa shape index (κ1) is 13.0. The number of carbonyl (C=O) groups excluding carboxylic acids is 1. The number of hydrogen-bond donors (Lipinski definition) is 0. The van der Waals surface area contributed by atoms with Gasteiger partial charge in [-0.25, -0.2) is 4.39 Å². The van der Waals surface area contributed by atoms with Crippen molar-refractivity contribution in [3.05, 3.63) is 55.5 Å². The molecular weight excluding hydrogens is 374 g/mol. The maximum atomic E-state index is 12.8. The average Bonchev–Trinajstić information content (AvgIpc) is 2.75. The number of carbonyl (C=O) groups is 1. The van der Waals surface area contributed by atoms with Crippen LogP contribution in [0.5, 0.6) is 0 Å². The van der Waals surface area contributed by atoms with Gasteiger partial charge in [0, 0.05) is 10.9 Å². The van der Waals surface area contributed by atoms with E-state index in [0.29, 0.717) is 11.1 Å². The summed E-state index contributed by atoms with van der Waals surface area (Å²) in [7, 11) is 0. The predicted octanol–water partition coefficient (Wildman–Crippen LogP) is 4.65. The Labute approximate surface area is 121 Å². The molecule has 5 heteroatoms. The van der Waals surface area contributed by atoms with Gasteiger partial charge in [0.15, 0.2) is 5.78 Å². The van der Waals surface area contributed by atoms with E-state index in [9.17, 15) is 9.18 Å². The summed E-state index contributed by atoms with van der Waals surface area (Å²) in [6.07, 6.45) is 0. The fourth-order valence-electron chi connectivity index (χ4n) is 1.37. The van der Waals surface area contributed by atoms with Crippen LogP contribution in [0.3, 0.4) is 0 Å². The Hall–Kier alpha value is -0.460. The highest BCUT2D eigenvalue weighted by atomic mass is 127. The Kier molecular flexibility index (Phi) is 4.17. The summed E-state index contributed by atoms with van der Waals surface area (Å²) in [5.74, 6) is -0.493. The van der Waals surface area contributed by atoms with E-state index in [2.05, 4.69) is 22.6 Å². The molecule has 0 N–H and O–H groups in total. The quantitative estimate of drug-likeness (QED) is 0.430. The van der Waals surface area contributed by atoms with Gasteiger partial charge in [0.05, 0.1) is 2.88 Å². The second kappa shape index (κ2) is 5.46. The first-order valence-corrected chi connectivity index (χ1v) is 7.15. The summed E-state index contributed by atoms with van der Waals surface area (Å²) in [6, 6.07) is 7.46. The van der Waals surface area contributed by atoms with Gasteiger partial charge in [0.1, 0.15) is 11.2 Å². The van der Waals surface area contributed by atoms with Gasteiger partial charge in [0.2, 0.25) is 0 Å². The monoisotopic (exact) mass is 380 g/mol. The third kappa shape index (κ3) is 3.05. The van der Waals surface area contributed by atoms with Gasteiger partial charge in [-0.15, -0.1) is 22.9 Å². The van der Waals surface area contributed by atoms with E-state index < -0.39 is 5.38 Å². The van der Waals surface area contributed by atoms with Gasteiger partial charge < -0.3 is 0 Å². The SMILES string of the molecule is O=C(c1csc(I)c1)C(Cl)c1ccc(F)cc1. The van der Waals surface area contributed by atoms with Crippen LogP contribution in [-0.2, 0) is 0 Å². The van der Waals surface area contributed by atoms with Crippen LogP contribution in [-0.4, -0.2) is 5.78 Å². The molecule has 1 atom stereocenters. The van der Waals surface area contributed by atoms with Crippen LogP contribution in [0, 0.1) is 8.70 Å². The Morgan fingerprint density at radius 2 is 2.00 bits per heavy atom. The molecule has 1 heterocycles. The van der Waals surface area contributed by atoms with Gasteiger partial charge in [-0.2, -0.15) is 0 Å². The molecule has 88 valence electrons. The average molecular weight is 381 g/mol. The molecule has 0 fully saturated rings. The van der Waals surface area contributed by atoms with Gasteiger partial charge in [-0.1, -0.05) is 12.1 Å². The van der Waals surface area contributed by atoms with E-state index in [1.807, 2.05) is 0 Å². The number of thiophene rings is 1. The van der Waals surface area contributed by atoms with Crippen molar-refractivity contribution in [2.75, 3.05) is 0 Å². The molecule has 0 aliphatic heterocycles. The van der Waals surface area contributed by atoms with Gasteiger partial charge in [-0.05, 0) is 46.4 Å². The highest BCUT2D eigenvalue weighted by Gasteiger charge is 2.20. The maximum Gasteiger partial charge on any atom is 0.186 e. The van der Waals surface area contributed by atoms with Crippen molar-refractivity contribution in [1.29, 1.82) is 0 Å². The molecule has 0 amide bonds. The summed E-state index contributed by atoms with van der Waals surface area (Å²) in [5.41, 5.74) is 1.21. The second-order valence-electron chi connectivity index (χ2n) is 3.42. The first-order valence-electron chi connectivity index (χ1n) is 4.75. The summed E-state index contributed by atoms with van der Waals surface area (Å²) < 4.78 is 13.8. The lowest BCUT2D eigenvalue weighted by molar-refractivity contribution is 0.0987. The molecule has 0 radical (unpaired) electrons. The minimum atomic E-state index is -0.763. The van der Waals surface area contributed by atoms with Crippen LogP contribution in [0.15, 0.2) is 35.7 Å². The molecule has 2 aromatic rings. The van der Waals surface area contributed by atoms with E-state index in [1.165, 1.54) is 35.6 Å². The molecule has 1 unspecified atom stereocenters. The zero-order valence-electron chi connectivity index (χ0n) is 8.49. The Balaban J connectivity index is 2.23. The van der Waals surface area contributed by atoms with Crippen LogP contribution in [0.25, 0.3) is 0 Å². The highest BCUT2D eigenvalue weighted by molar-refractivity contribution is 14.1. The fraction of sp³-hybridized carbons (Fsp3) is 0.0833. The fourth-order valence-corrected chi connectivity index (χ4v) is 2.98. The van der Waals surface area contributed by atoms with E-state index in [0.717, 1.165) is 2.88 Å². The molecular formula is C12H7ClFIOS. The van der Waals surface area contributed by atoms with Crippen molar-refractivity contribution >= 4 is 51.3 Å². The van der Waals surface area contributed by atoms with Gasteiger partial charge in [0.25, 0.3) is 0 Å². The molecule has 0 saturated heterocycles. The third-order valence-electron chi connectivity index (χ3n) is 2.24. The number of hydrogen-bond acceptors (Lipinski definition) is 2. The van der Waals surface area contributed by atoms with Crippen LogP contribution < -0.4 is 0 Å². The van der Waals surface area contributed by atoms with Crippen molar-refractivity contribution in [3.63, 3.8) is 0 Å². The Morgan fingerprint density at radius 3 is 2.53 bits per heavy atom. The standard InChI is InChI=1S/C12H7ClFIOS/c13-11(7-1-3-9(14)4-2-7)12(16)8-5-10(15)17-6-8/h1-6,11H. The largest absolute Gasteiger partial charge is 0.292 e. The lowest BCUT2D eigenvalue weighted by atomic mass is 10.0. The van der Waals surface area contributed by atoms with Crippen molar-refractivity contribution in [2.24, 2.45) is 0 Å². The van der Waals surface area contributed by atoms with Crippen LogP contribution >= 0.6 is 45.5 Å². The highest BCUT2D eigenvalue weighted by Crippen LogP contribution is 2.27. The summed E-state index contributed by atoms with van der Waals surface area (Å²) >= 11 is 9.73. The van der Waals surface area contributed by atoms with E-state index in [-0.39, 0.29) is 11.6 Å². The van der Waals surface area contributed by atoms with Crippen molar-refractivity contribution in [1.82, 2.24) is 0 Å². The summed E-state index contributed by atoms with van der Waals surface area (Å²) in [4.78, 5) is 12.0. The van der Waals surface area contributed by atoms with Crippen LogP contribution in [0.1, 0.15) is 21.3 Å². The molecule has 0 aliphatic carbocycles. The number of halogens is 3. The Bertz CT molecular complexity index is 538. The zero-order valence-corrected chi connectivity index (χ0v) is 12.2. The predicted molar refractivity (Wildman–Crippen MR) is 76.4 cm³/mol. The molecule has 0 spiro atoms. The molecule has 1 nitrogen and oxygen atoms in total. The topological polar surface area (TPSA) is 17.1 Å². The lowest BCUT2D eigenvalue weighted by Crippen LogP contribution is -2.06. The van der Waals surface area contributed by atoms with Crippen molar-refractivity contribution in [3.8, 4) is 0 Å². The van der Waals surface area contributed by atoms with E-state index >= 15 is 0 Å². The summed E-state index contributed by atoms with van der Waals surface area (Å²) in [6.45, 7) is 0. The minimum absolute atomic E-state index is 0.155. The number of rotatable bonds is 3. The zero-order chi connectivity index (χ0) is 12.4. The second-order valence-corrected chi connectivity index (χ2v) is 6.66. The van der Waals surface area contributed by atoms with Crippen molar-refractivity contribution in [2.45, 2.75) is 5.38 Å². The smallest absolute Gasteiger partial charge is 0.186 e. The number of ketones is 1. The van der Waals surface area contributed by atoms with Gasteiger partial charge in [-0.3, -0.25) is 4.79 Å². The maximum absolute atomic E-state index is 12.8. The van der Waals surface area contributed by atoms with Crippen LogP contribution in [0.4, 0.5) is 4.39 Å². The van der Waals surface area contributed by atoms with Crippen LogP contribution in [0.2, 0.25) is 0 Å². The molecule has 0 bridgehead atoms. The number of benzene rings is 1. The molecule has 0 aliphatic rings. The first-order chi connectivity index (χ1) is 8.08. The van der Waals surface area contributed by atoms with E-state index in [4.69, 9.17) is 11.6 Å². The van der Waals surface area contributed by atoms with Crippen molar-refractivity contribution < 1.29 is 9.18 Å². The molecule has 0 saturated carbocycles. The third-order valence-corrected chi connectivity index (χ3v) is 4.48. The summed E-state index contributed by atoms with van der Waals surface area (Å²) in [5, 5.41) is 1.02. The number of Topliss-reactive ketones (excluding diaryl/α,β-unsaturated/α-hetero) is 1. The Morgan fingerprint density at radius 1 is 1.35 bits per heavy atom. The molecule has 1 aromatic carbocycles. The molecule has 1 aromatic heterocycles. The lowest BCUT2D eigenvalue weighted by Gasteiger charge is -2.07. The van der Waals surface area contributed by atoms with E-state index in [1.54, 1.807) is 11.4 Å². The molecule has 2 rings (SSSR count). The normalized spacial score (nSPS) is 12.4. The minimum Gasteiger partial charge on any atom is -0.292 e. The van der Waals surface area contributed by atoms with Gasteiger partial charge >= 0.3 is 0 Å². The molecule has 17 heavy (non-hydrogen) atoms.